The lowest BCUT2D eigenvalue weighted by atomic mass is 10.1. The lowest BCUT2D eigenvalue weighted by Crippen LogP contribution is -2.25. The predicted octanol–water partition coefficient (Wildman–Crippen LogP) is 2.59. The second-order valence-electron chi connectivity index (χ2n) is 3.71. The quantitative estimate of drug-likeness (QED) is 0.458. The standard InChI is InChI=1S/C13H15N3/c1-10-6-5-9-12(13(10)14)16(15)11-7-3-2-4-8-11/h2-9H,14-15H2,1H3. The molecule has 0 saturated heterocycles. The van der Waals surface area contributed by atoms with E-state index in [4.69, 9.17) is 11.6 Å². The van der Waals surface area contributed by atoms with Crippen molar-refractivity contribution in [2.45, 2.75) is 6.92 Å². The normalized spacial score (nSPS) is 10.1. The maximum absolute atomic E-state index is 6.04. The summed E-state index contributed by atoms with van der Waals surface area (Å²) in [7, 11) is 0. The van der Waals surface area contributed by atoms with E-state index in [0.29, 0.717) is 5.69 Å². The van der Waals surface area contributed by atoms with Gasteiger partial charge >= 0.3 is 0 Å². The van der Waals surface area contributed by atoms with Crippen LogP contribution in [0.5, 0.6) is 0 Å². The molecular weight excluding hydrogens is 198 g/mol. The number of anilines is 3. The van der Waals surface area contributed by atoms with Gasteiger partial charge in [-0.3, -0.25) is 5.01 Å². The highest BCUT2D eigenvalue weighted by molar-refractivity contribution is 5.75. The number of nitrogens with two attached hydrogens (primary N) is 2. The summed E-state index contributed by atoms with van der Waals surface area (Å²) >= 11 is 0. The van der Waals surface area contributed by atoms with E-state index in [-0.39, 0.29) is 0 Å². The number of benzene rings is 2. The summed E-state index contributed by atoms with van der Waals surface area (Å²) in [6.07, 6.45) is 0. The lowest BCUT2D eigenvalue weighted by Gasteiger charge is -2.21. The summed E-state index contributed by atoms with van der Waals surface area (Å²) in [5.74, 6) is 6.04. The molecule has 0 atom stereocenters. The van der Waals surface area contributed by atoms with Crippen LogP contribution in [0.15, 0.2) is 48.5 Å². The highest BCUT2D eigenvalue weighted by Crippen LogP contribution is 2.29. The van der Waals surface area contributed by atoms with Gasteiger partial charge in [0.15, 0.2) is 0 Å². The van der Waals surface area contributed by atoms with Gasteiger partial charge in [0.25, 0.3) is 0 Å². The molecule has 0 spiro atoms. The van der Waals surface area contributed by atoms with Gasteiger partial charge in [0.2, 0.25) is 0 Å². The Labute approximate surface area is 95.3 Å². The second kappa shape index (κ2) is 4.24. The van der Waals surface area contributed by atoms with Crippen LogP contribution in [-0.4, -0.2) is 0 Å². The topological polar surface area (TPSA) is 55.3 Å². The fraction of sp³-hybridized carbons (Fsp3) is 0.0769. The molecular formula is C13H15N3. The Morgan fingerprint density at radius 1 is 0.938 bits per heavy atom. The largest absolute Gasteiger partial charge is 0.397 e. The highest BCUT2D eigenvalue weighted by Gasteiger charge is 2.08. The third-order valence-corrected chi connectivity index (χ3v) is 2.60. The molecule has 0 heterocycles. The molecule has 2 aromatic carbocycles. The molecule has 3 nitrogen and oxygen atoms in total. The van der Waals surface area contributed by atoms with Crippen LogP contribution in [0.1, 0.15) is 5.56 Å². The summed E-state index contributed by atoms with van der Waals surface area (Å²) in [5, 5.41) is 1.60. The van der Waals surface area contributed by atoms with Gasteiger partial charge in [-0.2, -0.15) is 0 Å². The Morgan fingerprint density at radius 3 is 2.31 bits per heavy atom. The smallest absolute Gasteiger partial charge is 0.0807 e. The van der Waals surface area contributed by atoms with E-state index < -0.39 is 0 Å². The Balaban J connectivity index is 2.42. The van der Waals surface area contributed by atoms with Crippen LogP contribution in [0.2, 0.25) is 0 Å². The summed E-state index contributed by atoms with van der Waals surface area (Å²) in [4.78, 5) is 0. The SMILES string of the molecule is Cc1cccc(N(N)c2ccccc2)c1N. The molecule has 0 unspecified atom stereocenters. The molecule has 0 saturated carbocycles. The molecule has 4 N–H and O–H groups in total. The van der Waals surface area contributed by atoms with E-state index in [1.165, 1.54) is 0 Å². The van der Waals surface area contributed by atoms with E-state index in [0.717, 1.165) is 16.9 Å². The van der Waals surface area contributed by atoms with Crippen molar-refractivity contribution >= 4 is 17.1 Å². The lowest BCUT2D eigenvalue weighted by molar-refractivity contribution is 1.09. The minimum Gasteiger partial charge on any atom is -0.397 e. The molecule has 0 aliphatic carbocycles. The van der Waals surface area contributed by atoms with E-state index in [1.807, 2.05) is 55.5 Å². The number of aryl methyl sites for hydroxylation is 1. The second-order valence-corrected chi connectivity index (χ2v) is 3.71. The number of hydrogen-bond donors (Lipinski definition) is 2. The van der Waals surface area contributed by atoms with Crippen molar-refractivity contribution in [3.05, 3.63) is 54.1 Å². The first kappa shape index (κ1) is 10.5. The minimum atomic E-state index is 0.717. The van der Waals surface area contributed by atoms with Crippen LogP contribution in [0.25, 0.3) is 0 Å². The Kier molecular flexibility index (Phi) is 2.79. The number of nitrogen functional groups attached to an aromatic ring is 1. The average molecular weight is 213 g/mol. The van der Waals surface area contributed by atoms with Gasteiger partial charge in [0, 0.05) is 0 Å². The summed E-state index contributed by atoms with van der Waals surface area (Å²) < 4.78 is 0. The average Bonchev–Trinajstić information content (AvgIpc) is 2.33. The number of nitrogens with zero attached hydrogens (tertiary/aromatic N) is 1. The minimum absolute atomic E-state index is 0.717. The molecule has 0 fully saturated rings. The Bertz CT molecular complexity index is 480. The fourth-order valence-electron chi connectivity index (χ4n) is 1.60. The first-order valence-corrected chi connectivity index (χ1v) is 5.15. The third kappa shape index (κ3) is 1.85. The summed E-state index contributed by atoms with van der Waals surface area (Å²) in [6, 6.07) is 15.6. The van der Waals surface area contributed by atoms with Gasteiger partial charge < -0.3 is 5.73 Å². The molecule has 0 aliphatic heterocycles. The number of rotatable bonds is 2. The van der Waals surface area contributed by atoms with Crippen molar-refractivity contribution in [3.8, 4) is 0 Å². The van der Waals surface area contributed by atoms with E-state index in [2.05, 4.69) is 0 Å². The molecule has 0 radical (unpaired) electrons. The number of hydrogen-bond acceptors (Lipinski definition) is 3. The summed E-state index contributed by atoms with van der Waals surface area (Å²) in [5.41, 5.74) is 9.49. The van der Waals surface area contributed by atoms with Crippen molar-refractivity contribution in [1.82, 2.24) is 0 Å². The molecule has 0 aliphatic rings. The van der Waals surface area contributed by atoms with Gasteiger partial charge in [0.05, 0.1) is 17.1 Å². The zero-order valence-corrected chi connectivity index (χ0v) is 9.22. The van der Waals surface area contributed by atoms with Gasteiger partial charge in [-0.15, -0.1) is 0 Å². The van der Waals surface area contributed by atoms with Crippen LogP contribution in [0, 0.1) is 6.92 Å². The molecule has 2 aromatic rings. The van der Waals surface area contributed by atoms with E-state index in [9.17, 15) is 0 Å². The first-order valence-electron chi connectivity index (χ1n) is 5.15. The molecule has 16 heavy (non-hydrogen) atoms. The zero-order valence-electron chi connectivity index (χ0n) is 9.22. The van der Waals surface area contributed by atoms with Crippen molar-refractivity contribution in [1.29, 1.82) is 0 Å². The van der Waals surface area contributed by atoms with Gasteiger partial charge in [0.1, 0.15) is 0 Å². The monoisotopic (exact) mass is 213 g/mol. The van der Waals surface area contributed by atoms with Crippen molar-refractivity contribution in [3.63, 3.8) is 0 Å². The molecule has 2 rings (SSSR count). The molecule has 0 bridgehead atoms. The Morgan fingerprint density at radius 2 is 1.62 bits per heavy atom. The molecule has 0 aromatic heterocycles. The van der Waals surface area contributed by atoms with Gasteiger partial charge in [-0.25, -0.2) is 5.84 Å². The fourth-order valence-corrected chi connectivity index (χ4v) is 1.60. The summed E-state index contributed by atoms with van der Waals surface area (Å²) in [6.45, 7) is 1.97. The van der Waals surface area contributed by atoms with Crippen LogP contribution in [-0.2, 0) is 0 Å². The number of hydrazine groups is 1. The molecule has 3 heteroatoms. The van der Waals surface area contributed by atoms with Crippen LogP contribution in [0.3, 0.4) is 0 Å². The predicted molar refractivity (Wildman–Crippen MR) is 68.4 cm³/mol. The molecule has 82 valence electrons. The highest BCUT2D eigenvalue weighted by atomic mass is 15.4. The van der Waals surface area contributed by atoms with Crippen molar-refractivity contribution in [2.75, 3.05) is 10.7 Å². The number of para-hydroxylation sites is 2. The van der Waals surface area contributed by atoms with E-state index >= 15 is 0 Å². The maximum Gasteiger partial charge on any atom is 0.0807 e. The third-order valence-electron chi connectivity index (χ3n) is 2.60. The van der Waals surface area contributed by atoms with Crippen molar-refractivity contribution < 1.29 is 0 Å². The maximum atomic E-state index is 6.04. The van der Waals surface area contributed by atoms with Crippen molar-refractivity contribution in [2.24, 2.45) is 5.84 Å². The zero-order chi connectivity index (χ0) is 11.5. The van der Waals surface area contributed by atoms with Crippen LogP contribution < -0.4 is 16.6 Å². The van der Waals surface area contributed by atoms with Crippen LogP contribution >= 0.6 is 0 Å². The van der Waals surface area contributed by atoms with Gasteiger partial charge in [-0.1, -0.05) is 30.3 Å². The van der Waals surface area contributed by atoms with Crippen LogP contribution in [0.4, 0.5) is 17.1 Å². The molecule has 0 amide bonds. The van der Waals surface area contributed by atoms with Gasteiger partial charge in [-0.05, 0) is 30.7 Å². The van der Waals surface area contributed by atoms with E-state index in [1.54, 1.807) is 5.01 Å². The Hall–Kier alpha value is -2.00. The first-order chi connectivity index (χ1) is 7.70.